The first-order valence-electron chi connectivity index (χ1n) is 8.84. The van der Waals surface area contributed by atoms with Crippen LogP contribution in [0.1, 0.15) is 21.5 Å². The molecule has 6 heteroatoms. The quantitative estimate of drug-likeness (QED) is 0.665. The Bertz CT molecular complexity index is 958. The molecule has 3 rings (SSSR count). The van der Waals surface area contributed by atoms with Crippen LogP contribution < -0.4 is 15.4 Å². The van der Waals surface area contributed by atoms with Gasteiger partial charge in [-0.3, -0.25) is 14.6 Å². The topological polar surface area (TPSA) is 80.3 Å². The minimum atomic E-state index is -0.196. The first-order chi connectivity index (χ1) is 13.7. The molecule has 2 aromatic carbocycles. The molecule has 142 valence electrons. The Balaban J connectivity index is 1.58. The summed E-state index contributed by atoms with van der Waals surface area (Å²) in [4.78, 5) is 28.4. The third-order valence-corrected chi connectivity index (χ3v) is 4.13. The summed E-state index contributed by atoms with van der Waals surface area (Å²) in [5, 5.41) is 5.73. The summed E-state index contributed by atoms with van der Waals surface area (Å²) in [6.07, 6.45) is 3.35. The van der Waals surface area contributed by atoms with Gasteiger partial charge in [0, 0.05) is 30.2 Å². The summed E-state index contributed by atoms with van der Waals surface area (Å²) in [6, 6.07) is 18.2. The van der Waals surface area contributed by atoms with Crippen LogP contribution in [0.3, 0.4) is 0 Å². The number of hydrogen-bond acceptors (Lipinski definition) is 4. The van der Waals surface area contributed by atoms with E-state index in [1.807, 2.05) is 48.5 Å². The normalized spacial score (nSPS) is 10.2. The lowest BCUT2D eigenvalue weighted by atomic mass is 10.1. The van der Waals surface area contributed by atoms with E-state index in [1.165, 1.54) is 6.20 Å². The molecule has 0 aliphatic carbocycles. The highest BCUT2D eigenvalue weighted by atomic mass is 16.5. The molecule has 6 nitrogen and oxygen atoms in total. The van der Waals surface area contributed by atoms with E-state index >= 15 is 0 Å². The second-order valence-electron chi connectivity index (χ2n) is 6.16. The third kappa shape index (κ3) is 5.17. The van der Waals surface area contributed by atoms with Crippen molar-refractivity contribution in [2.45, 2.75) is 13.0 Å². The minimum absolute atomic E-state index is 0.138. The Labute approximate surface area is 163 Å². The molecule has 0 fully saturated rings. The number of rotatable bonds is 7. The summed E-state index contributed by atoms with van der Waals surface area (Å²) < 4.78 is 5.28. The van der Waals surface area contributed by atoms with E-state index < -0.39 is 0 Å². The van der Waals surface area contributed by atoms with E-state index in [2.05, 4.69) is 15.6 Å². The molecule has 2 amide bonds. The second kappa shape index (κ2) is 9.32. The predicted molar refractivity (Wildman–Crippen MR) is 107 cm³/mol. The first-order valence-corrected chi connectivity index (χ1v) is 8.84. The molecule has 2 N–H and O–H groups in total. The van der Waals surface area contributed by atoms with Gasteiger partial charge in [-0.2, -0.15) is 0 Å². The number of carbonyl (C=O) groups is 2. The molecule has 0 radical (unpaired) electrons. The number of ether oxygens (including phenoxy) is 1. The van der Waals surface area contributed by atoms with Crippen LogP contribution in [0.2, 0.25) is 0 Å². The Morgan fingerprint density at radius 2 is 1.89 bits per heavy atom. The van der Waals surface area contributed by atoms with Gasteiger partial charge in [0.05, 0.1) is 19.1 Å². The number of nitrogens with one attached hydrogen (secondary N) is 2. The summed E-state index contributed by atoms with van der Waals surface area (Å²) in [7, 11) is 1.58. The van der Waals surface area contributed by atoms with Crippen molar-refractivity contribution in [3.63, 3.8) is 0 Å². The van der Waals surface area contributed by atoms with E-state index in [-0.39, 0.29) is 18.2 Å². The first kappa shape index (κ1) is 19.1. The van der Waals surface area contributed by atoms with E-state index in [9.17, 15) is 9.59 Å². The lowest BCUT2D eigenvalue weighted by Crippen LogP contribution is -2.23. The molecular formula is C22H21N3O3. The van der Waals surface area contributed by atoms with Gasteiger partial charge in [0.25, 0.3) is 5.91 Å². The Morgan fingerprint density at radius 1 is 1.04 bits per heavy atom. The lowest BCUT2D eigenvalue weighted by Gasteiger charge is -2.10. The van der Waals surface area contributed by atoms with Crippen molar-refractivity contribution in [2.75, 3.05) is 12.4 Å². The molecule has 1 aromatic heterocycles. The molecular weight excluding hydrogens is 354 g/mol. The minimum Gasteiger partial charge on any atom is -0.496 e. The molecule has 0 saturated carbocycles. The number of pyridine rings is 1. The zero-order valence-electron chi connectivity index (χ0n) is 15.5. The number of amides is 2. The van der Waals surface area contributed by atoms with Gasteiger partial charge in [-0.05, 0) is 35.9 Å². The van der Waals surface area contributed by atoms with Crippen molar-refractivity contribution in [3.8, 4) is 5.75 Å². The maximum atomic E-state index is 12.4. The third-order valence-electron chi connectivity index (χ3n) is 4.13. The zero-order valence-corrected chi connectivity index (χ0v) is 15.5. The van der Waals surface area contributed by atoms with E-state index in [1.54, 1.807) is 25.4 Å². The van der Waals surface area contributed by atoms with Crippen LogP contribution >= 0.6 is 0 Å². The number of para-hydroxylation sites is 1. The Kier molecular flexibility index (Phi) is 6.36. The van der Waals surface area contributed by atoms with Crippen molar-refractivity contribution in [1.82, 2.24) is 10.3 Å². The highest BCUT2D eigenvalue weighted by Gasteiger charge is 2.09. The molecule has 0 spiro atoms. The second-order valence-corrected chi connectivity index (χ2v) is 6.16. The van der Waals surface area contributed by atoms with E-state index in [4.69, 9.17) is 4.74 Å². The Hall–Kier alpha value is -3.67. The van der Waals surface area contributed by atoms with Crippen molar-refractivity contribution in [1.29, 1.82) is 0 Å². The van der Waals surface area contributed by atoms with Crippen molar-refractivity contribution < 1.29 is 14.3 Å². The summed E-state index contributed by atoms with van der Waals surface area (Å²) in [5.41, 5.74) is 2.88. The molecule has 0 aliphatic heterocycles. The molecule has 0 unspecified atom stereocenters. The van der Waals surface area contributed by atoms with Crippen molar-refractivity contribution in [2.24, 2.45) is 0 Å². The summed E-state index contributed by atoms with van der Waals surface area (Å²) in [6.45, 7) is 0.351. The summed E-state index contributed by atoms with van der Waals surface area (Å²) in [5.74, 6) is 0.351. The average Bonchev–Trinajstić information content (AvgIpc) is 2.73. The molecule has 0 aliphatic rings. The maximum Gasteiger partial charge on any atom is 0.253 e. The predicted octanol–water partition coefficient (Wildman–Crippen LogP) is 3.20. The average molecular weight is 375 g/mol. The van der Waals surface area contributed by atoms with E-state index in [0.29, 0.717) is 23.5 Å². The SMILES string of the molecule is COc1ccccc1CC(=O)Nc1cccc(CNC(=O)c2cccnc2)c1. The molecule has 28 heavy (non-hydrogen) atoms. The van der Waals surface area contributed by atoms with Crippen LogP contribution in [0, 0.1) is 0 Å². The molecule has 1 heterocycles. The number of nitrogens with zero attached hydrogens (tertiary/aromatic N) is 1. The fraction of sp³-hybridized carbons (Fsp3) is 0.136. The van der Waals surface area contributed by atoms with Crippen LogP contribution in [0.15, 0.2) is 73.1 Å². The number of anilines is 1. The highest BCUT2D eigenvalue weighted by Crippen LogP contribution is 2.19. The van der Waals surface area contributed by atoms with Crippen LogP contribution in [0.4, 0.5) is 5.69 Å². The van der Waals surface area contributed by atoms with Crippen LogP contribution in [0.25, 0.3) is 0 Å². The monoisotopic (exact) mass is 375 g/mol. The standard InChI is InChI=1S/C22H21N3O3/c1-28-20-10-3-2-7-17(20)13-21(26)25-19-9-4-6-16(12-19)14-24-22(27)18-8-5-11-23-15-18/h2-12,15H,13-14H2,1H3,(H,24,27)(H,25,26). The molecule has 0 atom stereocenters. The molecule has 0 saturated heterocycles. The maximum absolute atomic E-state index is 12.4. The van der Waals surface area contributed by atoms with Gasteiger partial charge < -0.3 is 15.4 Å². The van der Waals surface area contributed by atoms with Gasteiger partial charge in [-0.1, -0.05) is 30.3 Å². The number of aromatic nitrogens is 1. The van der Waals surface area contributed by atoms with Gasteiger partial charge >= 0.3 is 0 Å². The van der Waals surface area contributed by atoms with Crippen LogP contribution in [-0.2, 0) is 17.8 Å². The number of hydrogen-bond donors (Lipinski definition) is 2. The number of methoxy groups -OCH3 is 1. The van der Waals surface area contributed by atoms with Gasteiger partial charge in [-0.25, -0.2) is 0 Å². The number of carbonyl (C=O) groups excluding carboxylic acids is 2. The van der Waals surface area contributed by atoms with Gasteiger partial charge in [-0.15, -0.1) is 0 Å². The van der Waals surface area contributed by atoms with Gasteiger partial charge in [0.2, 0.25) is 5.91 Å². The van der Waals surface area contributed by atoms with E-state index in [0.717, 1.165) is 11.1 Å². The van der Waals surface area contributed by atoms with Crippen LogP contribution in [0.5, 0.6) is 5.75 Å². The highest BCUT2D eigenvalue weighted by molar-refractivity contribution is 5.94. The van der Waals surface area contributed by atoms with Gasteiger partial charge in [0.1, 0.15) is 5.75 Å². The zero-order chi connectivity index (χ0) is 19.8. The number of benzene rings is 2. The fourth-order valence-corrected chi connectivity index (χ4v) is 2.77. The lowest BCUT2D eigenvalue weighted by molar-refractivity contribution is -0.115. The van der Waals surface area contributed by atoms with Gasteiger partial charge in [0.15, 0.2) is 0 Å². The molecule has 0 bridgehead atoms. The van der Waals surface area contributed by atoms with Crippen molar-refractivity contribution in [3.05, 3.63) is 89.7 Å². The van der Waals surface area contributed by atoms with Crippen LogP contribution in [-0.4, -0.2) is 23.9 Å². The fourth-order valence-electron chi connectivity index (χ4n) is 2.77. The van der Waals surface area contributed by atoms with Crippen molar-refractivity contribution >= 4 is 17.5 Å². The summed E-state index contributed by atoms with van der Waals surface area (Å²) >= 11 is 0. The molecule has 3 aromatic rings. The Morgan fingerprint density at radius 3 is 2.68 bits per heavy atom. The smallest absolute Gasteiger partial charge is 0.253 e. The largest absolute Gasteiger partial charge is 0.496 e.